The van der Waals surface area contributed by atoms with Gasteiger partial charge in [0.1, 0.15) is 0 Å². The Hall–Kier alpha value is -2.04. The molecule has 1 aromatic carbocycles. The van der Waals surface area contributed by atoms with Gasteiger partial charge < -0.3 is 16.3 Å². The third-order valence-corrected chi connectivity index (χ3v) is 5.21. The van der Waals surface area contributed by atoms with E-state index in [2.05, 4.69) is 5.16 Å². The average Bonchev–Trinajstić information content (AvgIpc) is 3.10. The Morgan fingerprint density at radius 2 is 2.18 bits per heavy atom. The number of nitrogens with zero attached hydrogens (tertiary/aromatic N) is 1. The lowest BCUT2D eigenvalue weighted by atomic mass is 9.86. The zero-order valence-electron chi connectivity index (χ0n) is 12.9. The first-order valence-corrected chi connectivity index (χ1v) is 7.93. The van der Waals surface area contributed by atoms with Crippen molar-refractivity contribution >= 4 is 17.5 Å². The molecule has 0 spiro atoms. The number of carbonyl (C=O) groups excluding carboxylic acids is 1. The maximum Gasteiger partial charge on any atom is 0.335 e. The number of hydrogen-bond acceptors (Lipinski definition) is 4. The Bertz CT molecular complexity index is 612. The maximum absolute atomic E-state index is 12.0. The highest BCUT2D eigenvalue weighted by atomic mass is 16.7. The van der Waals surface area contributed by atoms with Gasteiger partial charge in [0.2, 0.25) is 0 Å². The summed E-state index contributed by atoms with van der Waals surface area (Å²) in [7, 11) is 0. The second kappa shape index (κ2) is 5.99. The van der Waals surface area contributed by atoms with Crippen LogP contribution in [0, 0.1) is 24.7 Å². The largest absolute Gasteiger partial charge is 0.398 e. The number of benzene rings is 1. The van der Waals surface area contributed by atoms with E-state index < -0.39 is 0 Å². The number of anilines is 1. The zero-order valence-corrected chi connectivity index (χ0v) is 12.9. The van der Waals surface area contributed by atoms with Gasteiger partial charge in [-0.1, -0.05) is 23.7 Å². The van der Waals surface area contributed by atoms with E-state index in [0.29, 0.717) is 29.5 Å². The van der Waals surface area contributed by atoms with Gasteiger partial charge in [-0.2, -0.15) is 0 Å². The summed E-state index contributed by atoms with van der Waals surface area (Å²) in [5.74, 6) is 1.89. The van der Waals surface area contributed by atoms with E-state index in [4.69, 9.17) is 16.3 Å². The van der Waals surface area contributed by atoms with E-state index >= 15 is 0 Å². The van der Waals surface area contributed by atoms with Crippen LogP contribution in [0.5, 0.6) is 0 Å². The van der Waals surface area contributed by atoms with Crippen molar-refractivity contribution in [1.82, 2.24) is 0 Å². The molecule has 0 aliphatic heterocycles. The van der Waals surface area contributed by atoms with Gasteiger partial charge in [0.05, 0.1) is 6.42 Å². The van der Waals surface area contributed by atoms with Gasteiger partial charge >= 0.3 is 5.97 Å². The summed E-state index contributed by atoms with van der Waals surface area (Å²) in [5, 5.41) is 3.79. The maximum atomic E-state index is 12.0. The summed E-state index contributed by atoms with van der Waals surface area (Å²) >= 11 is 0. The number of nitrogens with two attached hydrogens (primary N) is 2. The number of nitrogen functional groups attached to an aromatic ring is 1. The summed E-state index contributed by atoms with van der Waals surface area (Å²) in [6.07, 6.45) is 5.49. The van der Waals surface area contributed by atoms with Crippen LogP contribution in [-0.2, 0) is 9.63 Å². The summed E-state index contributed by atoms with van der Waals surface area (Å²) in [6.45, 7) is 1.87. The first-order valence-electron chi connectivity index (χ1n) is 7.93. The highest BCUT2D eigenvalue weighted by Crippen LogP contribution is 2.49. The number of amidine groups is 1. The first kappa shape index (κ1) is 14.9. The minimum Gasteiger partial charge on any atom is -0.398 e. The van der Waals surface area contributed by atoms with Crippen molar-refractivity contribution in [3.05, 3.63) is 29.3 Å². The van der Waals surface area contributed by atoms with E-state index in [1.807, 2.05) is 13.0 Å². The molecule has 0 radical (unpaired) electrons. The van der Waals surface area contributed by atoms with E-state index in [1.54, 1.807) is 12.1 Å². The zero-order chi connectivity index (χ0) is 15.7. The van der Waals surface area contributed by atoms with Crippen molar-refractivity contribution in [1.29, 1.82) is 0 Å². The van der Waals surface area contributed by atoms with E-state index in [9.17, 15) is 4.79 Å². The van der Waals surface area contributed by atoms with Crippen LogP contribution in [0.2, 0.25) is 0 Å². The third kappa shape index (κ3) is 2.93. The number of hydrogen-bond donors (Lipinski definition) is 2. The molecule has 0 aromatic heterocycles. The van der Waals surface area contributed by atoms with Crippen molar-refractivity contribution in [3.8, 4) is 0 Å². The normalized spacial score (nSPS) is 27.1. The van der Waals surface area contributed by atoms with Gasteiger partial charge in [-0.25, -0.2) is 4.79 Å². The lowest BCUT2D eigenvalue weighted by Gasteiger charge is -2.19. The minimum atomic E-state index is -0.290. The van der Waals surface area contributed by atoms with Gasteiger partial charge in [0.15, 0.2) is 5.84 Å². The summed E-state index contributed by atoms with van der Waals surface area (Å²) in [6, 6.07) is 5.42. The second-order valence-corrected chi connectivity index (χ2v) is 6.60. The standard InChI is InChI=1S/C17H23N3O2/c1-10-14(3-2-4-15(10)18)17(19)20-22-16(21)9-13-8-11-5-6-12(13)7-11/h2-4,11-13H,5-9,18H2,1H3,(H2,19,20). The Kier molecular flexibility index (Phi) is 4.05. The Morgan fingerprint density at radius 1 is 1.36 bits per heavy atom. The molecular weight excluding hydrogens is 278 g/mol. The fourth-order valence-corrected chi connectivity index (χ4v) is 3.96. The van der Waals surface area contributed by atoms with E-state index in [0.717, 1.165) is 17.9 Å². The molecule has 2 bridgehead atoms. The van der Waals surface area contributed by atoms with Crippen LogP contribution in [0.4, 0.5) is 5.69 Å². The number of oxime groups is 1. The van der Waals surface area contributed by atoms with Crippen LogP contribution >= 0.6 is 0 Å². The molecule has 0 amide bonds. The summed E-state index contributed by atoms with van der Waals surface area (Å²) in [5.41, 5.74) is 13.9. The fourth-order valence-electron chi connectivity index (χ4n) is 3.96. The van der Waals surface area contributed by atoms with Crippen molar-refractivity contribution in [2.24, 2.45) is 28.6 Å². The van der Waals surface area contributed by atoms with Crippen LogP contribution in [-0.4, -0.2) is 11.8 Å². The van der Waals surface area contributed by atoms with E-state index in [-0.39, 0.29) is 11.8 Å². The molecule has 3 atom stereocenters. The molecule has 2 saturated carbocycles. The van der Waals surface area contributed by atoms with Crippen molar-refractivity contribution in [3.63, 3.8) is 0 Å². The molecule has 22 heavy (non-hydrogen) atoms. The Morgan fingerprint density at radius 3 is 2.86 bits per heavy atom. The van der Waals surface area contributed by atoms with Gasteiger partial charge in [-0.05, 0) is 55.6 Å². The topological polar surface area (TPSA) is 90.7 Å². The molecule has 3 unspecified atom stereocenters. The lowest BCUT2D eigenvalue weighted by Crippen LogP contribution is -2.19. The minimum absolute atomic E-state index is 0.186. The average molecular weight is 301 g/mol. The predicted octanol–water partition coefficient (Wildman–Crippen LogP) is 2.57. The quantitative estimate of drug-likeness (QED) is 0.294. The summed E-state index contributed by atoms with van der Waals surface area (Å²) in [4.78, 5) is 17.0. The van der Waals surface area contributed by atoms with Crippen LogP contribution < -0.4 is 11.5 Å². The molecular formula is C17H23N3O2. The molecule has 2 aliphatic rings. The van der Waals surface area contributed by atoms with Gasteiger partial charge in [0, 0.05) is 11.3 Å². The molecule has 1 aromatic rings. The highest BCUT2D eigenvalue weighted by Gasteiger charge is 2.40. The molecule has 2 fully saturated rings. The lowest BCUT2D eigenvalue weighted by molar-refractivity contribution is -0.145. The van der Waals surface area contributed by atoms with E-state index in [1.165, 1.54) is 19.3 Å². The molecule has 3 rings (SSSR count). The molecule has 4 N–H and O–H groups in total. The van der Waals surface area contributed by atoms with Crippen molar-refractivity contribution in [2.45, 2.75) is 39.0 Å². The van der Waals surface area contributed by atoms with Crippen LogP contribution in [0.15, 0.2) is 23.4 Å². The smallest absolute Gasteiger partial charge is 0.335 e. The predicted molar refractivity (Wildman–Crippen MR) is 86.0 cm³/mol. The molecule has 0 heterocycles. The van der Waals surface area contributed by atoms with Crippen LogP contribution in [0.25, 0.3) is 0 Å². The number of fused-ring (bicyclic) bond motifs is 2. The fraction of sp³-hybridized carbons (Fsp3) is 0.529. The first-order chi connectivity index (χ1) is 10.5. The monoisotopic (exact) mass is 301 g/mol. The van der Waals surface area contributed by atoms with Gasteiger partial charge in [-0.15, -0.1) is 0 Å². The Labute approximate surface area is 130 Å². The third-order valence-electron chi connectivity index (χ3n) is 5.21. The molecule has 5 nitrogen and oxygen atoms in total. The molecule has 118 valence electrons. The molecule has 5 heteroatoms. The van der Waals surface area contributed by atoms with Crippen molar-refractivity contribution in [2.75, 3.05) is 5.73 Å². The van der Waals surface area contributed by atoms with Gasteiger partial charge in [-0.3, -0.25) is 0 Å². The molecule has 2 aliphatic carbocycles. The molecule has 0 saturated heterocycles. The van der Waals surface area contributed by atoms with Gasteiger partial charge in [0.25, 0.3) is 0 Å². The SMILES string of the molecule is Cc1c(N)cccc1/C(N)=N/OC(=O)CC1CC2CCC1C2. The second-order valence-electron chi connectivity index (χ2n) is 6.60. The van der Waals surface area contributed by atoms with Crippen molar-refractivity contribution < 1.29 is 9.63 Å². The Balaban J connectivity index is 1.58. The van der Waals surface area contributed by atoms with Crippen LogP contribution in [0.3, 0.4) is 0 Å². The summed E-state index contributed by atoms with van der Waals surface area (Å²) < 4.78 is 0. The number of rotatable bonds is 4. The number of carbonyl (C=O) groups is 1. The van der Waals surface area contributed by atoms with Crippen LogP contribution in [0.1, 0.15) is 43.2 Å². The highest BCUT2D eigenvalue weighted by molar-refractivity contribution is 5.99.